The van der Waals surface area contributed by atoms with Gasteiger partial charge in [-0.3, -0.25) is 9.59 Å². The Balaban J connectivity index is 1.40. The quantitative estimate of drug-likeness (QED) is 0.742. The highest BCUT2D eigenvalue weighted by Crippen LogP contribution is 2.31. The second kappa shape index (κ2) is 9.00. The van der Waals surface area contributed by atoms with Crippen molar-refractivity contribution in [1.29, 1.82) is 0 Å². The Kier molecular flexibility index (Phi) is 6.19. The van der Waals surface area contributed by atoms with Crippen molar-refractivity contribution in [3.63, 3.8) is 0 Å². The lowest BCUT2D eigenvalue weighted by atomic mass is 9.87. The molecule has 0 saturated heterocycles. The van der Waals surface area contributed by atoms with Crippen LogP contribution in [0, 0.1) is 5.92 Å². The fourth-order valence-corrected chi connectivity index (χ4v) is 4.55. The molecule has 1 fully saturated rings. The van der Waals surface area contributed by atoms with Crippen molar-refractivity contribution >= 4 is 29.1 Å². The minimum atomic E-state index is -0.0149. The van der Waals surface area contributed by atoms with Gasteiger partial charge < -0.3 is 10.2 Å². The molecule has 0 unspecified atom stereocenters. The van der Waals surface area contributed by atoms with E-state index >= 15 is 0 Å². The molecule has 1 N–H and O–H groups in total. The molecule has 2 aromatic carbocycles. The smallest absolute Gasteiger partial charge is 0.258 e. The van der Waals surface area contributed by atoms with Crippen LogP contribution in [0.1, 0.15) is 60.0 Å². The molecule has 29 heavy (non-hydrogen) atoms. The van der Waals surface area contributed by atoms with E-state index in [1.54, 1.807) is 24.3 Å². The van der Waals surface area contributed by atoms with Gasteiger partial charge in [-0.15, -0.1) is 0 Å². The Hall–Kier alpha value is -2.33. The van der Waals surface area contributed by atoms with Crippen LogP contribution in [0.2, 0.25) is 5.02 Å². The highest BCUT2D eigenvalue weighted by atomic mass is 35.5. The third-order valence-corrected chi connectivity index (χ3v) is 6.32. The topological polar surface area (TPSA) is 49.4 Å². The van der Waals surface area contributed by atoms with E-state index in [1.165, 1.54) is 37.7 Å². The number of halogens is 1. The van der Waals surface area contributed by atoms with Crippen molar-refractivity contribution in [1.82, 2.24) is 5.32 Å². The Bertz CT molecular complexity index is 888. The van der Waals surface area contributed by atoms with Gasteiger partial charge in [0.2, 0.25) is 5.91 Å². The summed E-state index contributed by atoms with van der Waals surface area (Å²) in [6, 6.07) is 13.2. The fourth-order valence-electron chi connectivity index (χ4n) is 4.42. The number of carbonyl (C=O) groups excluding carboxylic acids is 2. The average molecular weight is 411 g/mol. The molecule has 152 valence electrons. The van der Waals surface area contributed by atoms with Gasteiger partial charge in [0.1, 0.15) is 0 Å². The van der Waals surface area contributed by atoms with Gasteiger partial charge >= 0.3 is 0 Å². The molecule has 1 aliphatic carbocycles. The maximum atomic E-state index is 12.9. The maximum absolute atomic E-state index is 12.9. The van der Waals surface area contributed by atoms with Gasteiger partial charge in [-0.2, -0.15) is 0 Å². The van der Waals surface area contributed by atoms with E-state index < -0.39 is 0 Å². The highest BCUT2D eigenvalue weighted by molar-refractivity contribution is 6.30. The van der Waals surface area contributed by atoms with Crippen LogP contribution in [0.5, 0.6) is 0 Å². The molecule has 0 bridgehead atoms. The first-order valence-electron chi connectivity index (χ1n) is 10.6. The molecular weight excluding hydrogens is 384 g/mol. The highest BCUT2D eigenvalue weighted by Gasteiger charge is 2.26. The first-order chi connectivity index (χ1) is 14.1. The van der Waals surface area contributed by atoms with Crippen molar-refractivity contribution in [2.75, 3.05) is 11.4 Å². The Morgan fingerprint density at radius 1 is 1.03 bits per heavy atom. The Labute approximate surface area is 177 Å². The lowest BCUT2D eigenvalue weighted by Crippen LogP contribution is -2.29. The van der Waals surface area contributed by atoms with Gasteiger partial charge in [0.05, 0.1) is 0 Å². The number of rotatable bonds is 5. The molecule has 0 spiro atoms. The Morgan fingerprint density at radius 2 is 1.79 bits per heavy atom. The summed E-state index contributed by atoms with van der Waals surface area (Å²) in [4.78, 5) is 27.1. The summed E-state index contributed by atoms with van der Waals surface area (Å²) in [5.74, 6) is 0.654. The number of benzene rings is 2. The third kappa shape index (κ3) is 4.81. The summed E-state index contributed by atoms with van der Waals surface area (Å²) >= 11 is 5.94. The lowest BCUT2D eigenvalue weighted by molar-refractivity contribution is -0.122. The van der Waals surface area contributed by atoms with Crippen LogP contribution in [0.15, 0.2) is 42.5 Å². The van der Waals surface area contributed by atoms with Gasteiger partial charge in [-0.05, 0) is 66.6 Å². The van der Waals surface area contributed by atoms with Gasteiger partial charge in [0.15, 0.2) is 0 Å². The zero-order valence-corrected chi connectivity index (χ0v) is 17.4. The number of hydrogen-bond acceptors (Lipinski definition) is 2. The van der Waals surface area contributed by atoms with Gasteiger partial charge in [-0.25, -0.2) is 0 Å². The van der Waals surface area contributed by atoms with Crippen molar-refractivity contribution in [3.8, 4) is 0 Å². The zero-order chi connectivity index (χ0) is 20.2. The number of nitrogens with one attached hydrogen (secondary N) is 1. The number of nitrogens with zero attached hydrogens (tertiary/aromatic N) is 1. The first kappa shape index (κ1) is 20.0. The second-order valence-electron chi connectivity index (χ2n) is 8.16. The second-order valence-corrected chi connectivity index (χ2v) is 8.60. The molecule has 2 aliphatic rings. The van der Waals surface area contributed by atoms with Gasteiger partial charge in [0, 0.05) is 35.8 Å². The molecular formula is C24H27ClN2O2. The minimum absolute atomic E-state index is 0.0149. The molecule has 1 saturated carbocycles. The third-order valence-electron chi connectivity index (χ3n) is 6.07. The monoisotopic (exact) mass is 410 g/mol. The van der Waals surface area contributed by atoms with E-state index in [1.807, 2.05) is 11.0 Å². The SMILES string of the molecule is O=C(CC1CCCCC1)NCc1ccc2c(c1)N(C(=O)c1ccc(Cl)cc1)CC2. The zero-order valence-electron chi connectivity index (χ0n) is 16.6. The fraction of sp³-hybridized carbons (Fsp3) is 0.417. The van der Waals surface area contributed by atoms with Crippen LogP contribution in [0.4, 0.5) is 5.69 Å². The summed E-state index contributed by atoms with van der Waals surface area (Å²) in [5, 5.41) is 3.68. The number of anilines is 1. The molecule has 5 heteroatoms. The van der Waals surface area contributed by atoms with Crippen LogP contribution in [0.3, 0.4) is 0 Å². The van der Waals surface area contributed by atoms with Crippen molar-refractivity contribution in [3.05, 3.63) is 64.2 Å². The molecule has 2 aromatic rings. The number of fused-ring (bicyclic) bond motifs is 1. The first-order valence-corrected chi connectivity index (χ1v) is 10.9. The van der Waals surface area contributed by atoms with Gasteiger partial charge in [-0.1, -0.05) is 43.0 Å². The lowest BCUT2D eigenvalue weighted by Gasteiger charge is -2.21. The molecule has 1 heterocycles. The molecule has 0 radical (unpaired) electrons. The minimum Gasteiger partial charge on any atom is -0.352 e. The van der Waals surface area contributed by atoms with Crippen LogP contribution < -0.4 is 10.2 Å². The molecule has 0 aromatic heterocycles. The summed E-state index contributed by atoms with van der Waals surface area (Å²) < 4.78 is 0. The van der Waals surface area contributed by atoms with Crippen molar-refractivity contribution in [2.45, 2.75) is 51.5 Å². The predicted octanol–water partition coefficient (Wildman–Crippen LogP) is 5.13. The number of carbonyl (C=O) groups is 2. The summed E-state index contributed by atoms with van der Waals surface area (Å²) in [7, 11) is 0. The molecule has 4 rings (SSSR count). The molecule has 0 atom stereocenters. The molecule has 1 aliphatic heterocycles. The number of hydrogen-bond donors (Lipinski definition) is 1. The van der Waals surface area contributed by atoms with E-state index in [9.17, 15) is 9.59 Å². The van der Waals surface area contributed by atoms with Crippen LogP contribution in [0.25, 0.3) is 0 Å². The molecule has 2 amide bonds. The largest absolute Gasteiger partial charge is 0.352 e. The summed E-state index contributed by atoms with van der Waals surface area (Å²) in [5.41, 5.74) is 3.78. The standard InChI is InChI=1S/C24H27ClN2O2/c25-21-10-8-20(9-11-21)24(29)27-13-12-19-7-6-18(14-22(19)27)16-26-23(28)15-17-4-2-1-3-5-17/h6-11,14,17H,1-5,12-13,15-16H2,(H,26,28). The summed E-state index contributed by atoms with van der Waals surface area (Å²) in [6.07, 6.45) is 7.64. The summed E-state index contributed by atoms with van der Waals surface area (Å²) in [6.45, 7) is 1.18. The van der Waals surface area contributed by atoms with E-state index in [0.717, 1.165) is 17.7 Å². The van der Waals surface area contributed by atoms with Crippen LogP contribution in [-0.2, 0) is 17.8 Å². The van der Waals surface area contributed by atoms with Gasteiger partial charge in [0.25, 0.3) is 5.91 Å². The van der Waals surface area contributed by atoms with Crippen LogP contribution >= 0.6 is 11.6 Å². The van der Waals surface area contributed by atoms with Crippen LogP contribution in [-0.4, -0.2) is 18.4 Å². The van der Waals surface area contributed by atoms with E-state index in [0.29, 0.717) is 36.0 Å². The van der Waals surface area contributed by atoms with Crippen molar-refractivity contribution in [2.24, 2.45) is 5.92 Å². The number of amides is 2. The maximum Gasteiger partial charge on any atom is 0.258 e. The van der Waals surface area contributed by atoms with Crippen molar-refractivity contribution < 1.29 is 9.59 Å². The van der Waals surface area contributed by atoms with E-state index in [2.05, 4.69) is 17.4 Å². The van der Waals surface area contributed by atoms with E-state index in [-0.39, 0.29) is 11.8 Å². The predicted molar refractivity (Wildman–Crippen MR) is 116 cm³/mol. The Morgan fingerprint density at radius 3 is 2.55 bits per heavy atom. The van der Waals surface area contributed by atoms with E-state index in [4.69, 9.17) is 11.6 Å². The normalized spacial score (nSPS) is 16.5. The average Bonchev–Trinajstić information content (AvgIpc) is 3.16. The molecule has 4 nitrogen and oxygen atoms in total.